The van der Waals surface area contributed by atoms with E-state index in [4.69, 9.17) is 4.52 Å². The van der Waals surface area contributed by atoms with Gasteiger partial charge in [-0.3, -0.25) is 4.79 Å². The van der Waals surface area contributed by atoms with E-state index in [0.717, 1.165) is 12.1 Å². The smallest absolute Gasteiger partial charge is 0.376 e. The molecule has 2 heterocycles. The van der Waals surface area contributed by atoms with Crippen LogP contribution in [0, 0.1) is 5.82 Å². The molecule has 3 aromatic rings. The van der Waals surface area contributed by atoms with Gasteiger partial charge < -0.3 is 14.7 Å². The average Bonchev–Trinajstić information content (AvgIpc) is 3.35. The number of nitrogens with zero attached hydrogens (tertiary/aromatic N) is 3. The van der Waals surface area contributed by atoms with E-state index in [-0.39, 0.29) is 35.4 Å². The molecule has 2 aromatic carbocycles. The predicted octanol–water partition coefficient (Wildman–Crippen LogP) is 4.63. The highest BCUT2D eigenvalue weighted by Crippen LogP contribution is 2.31. The number of amides is 1. The van der Waals surface area contributed by atoms with Gasteiger partial charge >= 0.3 is 6.18 Å². The Morgan fingerprint density at radius 3 is 2.70 bits per heavy atom. The van der Waals surface area contributed by atoms with Crippen molar-refractivity contribution in [2.45, 2.75) is 25.6 Å². The summed E-state index contributed by atoms with van der Waals surface area (Å²) in [5, 5.41) is 6.61. The minimum atomic E-state index is -4.47. The highest BCUT2D eigenvalue weighted by molar-refractivity contribution is 5.95. The lowest BCUT2D eigenvalue weighted by atomic mass is 10.1. The molecule has 1 saturated heterocycles. The Bertz CT molecular complexity index is 1080. The number of carbonyl (C=O) groups is 1. The van der Waals surface area contributed by atoms with Gasteiger partial charge in [0.2, 0.25) is 17.6 Å². The van der Waals surface area contributed by atoms with Crippen LogP contribution in [0.15, 0.2) is 47.0 Å². The van der Waals surface area contributed by atoms with Crippen LogP contribution in [0.5, 0.6) is 0 Å². The van der Waals surface area contributed by atoms with Crippen molar-refractivity contribution in [3.63, 3.8) is 0 Å². The zero-order valence-corrected chi connectivity index (χ0v) is 15.5. The van der Waals surface area contributed by atoms with E-state index in [9.17, 15) is 22.4 Å². The van der Waals surface area contributed by atoms with Crippen LogP contribution in [0.4, 0.5) is 28.9 Å². The van der Waals surface area contributed by atoms with E-state index in [1.54, 1.807) is 6.07 Å². The largest absolute Gasteiger partial charge is 0.416 e. The molecule has 4 rings (SSSR count). The average molecular weight is 420 g/mol. The van der Waals surface area contributed by atoms with Crippen molar-refractivity contribution in [3.05, 3.63) is 59.7 Å². The number of hydrogen-bond acceptors (Lipinski definition) is 5. The van der Waals surface area contributed by atoms with Gasteiger partial charge in [-0.15, -0.1) is 0 Å². The third-order valence-electron chi connectivity index (χ3n) is 4.67. The number of carbonyl (C=O) groups excluding carboxylic acids is 1. The molecule has 0 spiro atoms. The normalized spacial score (nSPS) is 14.4. The first-order valence-electron chi connectivity index (χ1n) is 9.15. The van der Waals surface area contributed by atoms with Crippen molar-refractivity contribution in [2.24, 2.45) is 0 Å². The second kappa shape index (κ2) is 7.77. The Morgan fingerprint density at radius 2 is 2.00 bits per heavy atom. The highest BCUT2D eigenvalue weighted by Gasteiger charge is 2.30. The molecule has 6 nitrogen and oxygen atoms in total. The molecule has 1 N–H and O–H groups in total. The number of alkyl halides is 3. The summed E-state index contributed by atoms with van der Waals surface area (Å²) >= 11 is 0. The molecule has 1 aromatic heterocycles. The summed E-state index contributed by atoms with van der Waals surface area (Å²) in [6, 6.07) is 9.00. The van der Waals surface area contributed by atoms with Gasteiger partial charge in [-0.25, -0.2) is 4.39 Å². The number of anilines is 2. The number of halogens is 4. The van der Waals surface area contributed by atoms with Crippen molar-refractivity contribution in [2.75, 3.05) is 16.8 Å². The maximum Gasteiger partial charge on any atom is 0.416 e. The van der Waals surface area contributed by atoms with Gasteiger partial charge in [0.15, 0.2) is 0 Å². The minimum Gasteiger partial charge on any atom is -0.376 e. The maximum absolute atomic E-state index is 14.4. The standard InChI is InChI=1S/C20H16F4N4O2/c21-15-10-14(6-7-16(15)28-8-2-5-18(28)29)25-11-17-26-19(27-30-17)12-3-1-4-13(9-12)20(22,23)24/h1,3-4,6-7,9-10,25H,2,5,8,11H2. The third-order valence-corrected chi connectivity index (χ3v) is 4.67. The van der Waals surface area contributed by atoms with E-state index in [1.165, 1.54) is 29.2 Å². The maximum atomic E-state index is 14.4. The fourth-order valence-corrected chi connectivity index (χ4v) is 3.19. The van der Waals surface area contributed by atoms with Gasteiger partial charge in [0.1, 0.15) is 5.82 Å². The van der Waals surface area contributed by atoms with Crippen molar-refractivity contribution in [3.8, 4) is 11.4 Å². The lowest BCUT2D eigenvalue weighted by Gasteiger charge is -2.17. The first-order valence-corrected chi connectivity index (χ1v) is 9.15. The number of nitrogens with one attached hydrogen (secondary N) is 1. The molecule has 1 fully saturated rings. The topological polar surface area (TPSA) is 71.3 Å². The lowest BCUT2D eigenvalue weighted by molar-refractivity contribution is -0.137. The Balaban J connectivity index is 1.44. The summed E-state index contributed by atoms with van der Waals surface area (Å²) in [5.74, 6) is -0.499. The highest BCUT2D eigenvalue weighted by atomic mass is 19.4. The van der Waals surface area contributed by atoms with E-state index in [1.807, 2.05) is 0 Å². The first kappa shape index (κ1) is 19.9. The van der Waals surface area contributed by atoms with Crippen LogP contribution in [0.3, 0.4) is 0 Å². The SMILES string of the molecule is O=C1CCCN1c1ccc(NCc2nc(-c3cccc(C(F)(F)F)c3)no2)cc1F. The summed E-state index contributed by atoms with van der Waals surface area (Å²) in [6.07, 6.45) is -3.37. The molecule has 10 heteroatoms. The predicted molar refractivity (Wildman–Crippen MR) is 100 cm³/mol. The van der Waals surface area contributed by atoms with Gasteiger partial charge in [0.25, 0.3) is 0 Å². The molecule has 1 aliphatic heterocycles. The molecule has 1 aliphatic rings. The first-order chi connectivity index (χ1) is 14.3. The summed E-state index contributed by atoms with van der Waals surface area (Å²) in [5.41, 5.74) is 0.0245. The fraction of sp³-hybridized carbons (Fsp3) is 0.250. The van der Waals surface area contributed by atoms with Crippen molar-refractivity contribution in [1.29, 1.82) is 0 Å². The molecular formula is C20H16F4N4O2. The summed E-state index contributed by atoms with van der Waals surface area (Å²) < 4.78 is 58.0. The number of aromatic nitrogens is 2. The van der Waals surface area contributed by atoms with Crippen LogP contribution in [-0.2, 0) is 17.5 Å². The fourth-order valence-electron chi connectivity index (χ4n) is 3.19. The quantitative estimate of drug-likeness (QED) is 0.610. The van der Waals surface area contributed by atoms with Crippen molar-refractivity contribution >= 4 is 17.3 Å². The van der Waals surface area contributed by atoms with E-state index in [2.05, 4.69) is 15.5 Å². The molecule has 0 radical (unpaired) electrons. The van der Waals surface area contributed by atoms with Gasteiger partial charge in [-0.05, 0) is 36.8 Å². The molecule has 156 valence electrons. The summed E-state index contributed by atoms with van der Waals surface area (Å²) in [7, 11) is 0. The third kappa shape index (κ3) is 4.12. The molecule has 0 aliphatic carbocycles. The summed E-state index contributed by atoms with van der Waals surface area (Å²) in [4.78, 5) is 17.3. The van der Waals surface area contributed by atoms with Gasteiger partial charge in [0, 0.05) is 24.2 Å². The second-order valence-corrected chi connectivity index (χ2v) is 6.76. The van der Waals surface area contributed by atoms with Crippen LogP contribution in [0.2, 0.25) is 0 Å². The molecule has 30 heavy (non-hydrogen) atoms. The Hall–Kier alpha value is -3.43. The van der Waals surface area contributed by atoms with E-state index < -0.39 is 17.6 Å². The molecule has 0 atom stereocenters. The van der Waals surface area contributed by atoms with Crippen LogP contribution < -0.4 is 10.2 Å². The van der Waals surface area contributed by atoms with E-state index >= 15 is 0 Å². The van der Waals surface area contributed by atoms with Gasteiger partial charge in [0.05, 0.1) is 17.8 Å². The van der Waals surface area contributed by atoms with Crippen LogP contribution in [0.1, 0.15) is 24.3 Å². The van der Waals surface area contributed by atoms with Crippen LogP contribution >= 0.6 is 0 Å². The van der Waals surface area contributed by atoms with Gasteiger partial charge in [-0.2, -0.15) is 18.2 Å². The van der Waals surface area contributed by atoms with Gasteiger partial charge in [-0.1, -0.05) is 17.3 Å². The molecule has 0 unspecified atom stereocenters. The second-order valence-electron chi connectivity index (χ2n) is 6.76. The zero-order chi connectivity index (χ0) is 21.3. The zero-order valence-electron chi connectivity index (χ0n) is 15.5. The number of hydrogen-bond donors (Lipinski definition) is 1. The molecular weight excluding hydrogens is 404 g/mol. The minimum absolute atomic E-state index is 0.0203. The van der Waals surface area contributed by atoms with Crippen LogP contribution in [-0.4, -0.2) is 22.6 Å². The molecule has 0 bridgehead atoms. The Kier molecular flexibility index (Phi) is 5.15. The van der Waals surface area contributed by atoms with Crippen LogP contribution in [0.25, 0.3) is 11.4 Å². The number of rotatable bonds is 5. The Morgan fingerprint density at radius 1 is 1.17 bits per heavy atom. The lowest BCUT2D eigenvalue weighted by Crippen LogP contribution is -2.24. The van der Waals surface area contributed by atoms with E-state index in [0.29, 0.717) is 25.1 Å². The summed E-state index contributed by atoms with van der Waals surface area (Å²) in [6.45, 7) is 0.538. The number of benzene rings is 2. The molecule has 1 amide bonds. The monoisotopic (exact) mass is 420 g/mol. The van der Waals surface area contributed by atoms with Crippen molar-refractivity contribution < 1.29 is 26.9 Å². The van der Waals surface area contributed by atoms with Crippen molar-refractivity contribution in [1.82, 2.24) is 10.1 Å². The Labute approximate surface area is 168 Å². The molecule has 0 saturated carbocycles.